The second-order valence-corrected chi connectivity index (χ2v) is 4.54. The number of pyridine rings is 1. The summed E-state index contributed by atoms with van der Waals surface area (Å²) in [4.78, 5) is 12.2. The largest absolute Gasteiger partial charge is 0.340 e. The molecule has 1 unspecified atom stereocenters. The summed E-state index contributed by atoms with van der Waals surface area (Å²) in [6.07, 6.45) is 1.85. The van der Waals surface area contributed by atoms with E-state index < -0.39 is 0 Å². The van der Waals surface area contributed by atoms with Gasteiger partial charge in [-0.05, 0) is 24.5 Å². The molecule has 15 heavy (non-hydrogen) atoms. The standard InChI is InChI=1S/C12H17N3/c1-7(2)9(4)11-14-10-5-8(3)6-13-12(10)15-11/h5-7,9H,1-4H3,(H,13,14,15). The maximum absolute atomic E-state index is 4.51. The second kappa shape index (κ2) is 3.65. The van der Waals surface area contributed by atoms with Crippen LogP contribution in [0.4, 0.5) is 0 Å². The minimum atomic E-state index is 0.444. The average Bonchev–Trinajstić information content (AvgIpc) is 2.58. The molecular formula is C12H17N3. The van der Waals surface area contributed by atoms with E-state index in [1.54, 1.807) is 0 Å². The molecule has 0 bridgehead atoms. The molecule has 3 heteroatoms. The summed E-state index contributed by atoms with van der Waals surface area (Å²) < 4.78 is 0. The van der Waals surface area contributed by atoms with Gasteiger partial charge in [0.2, 0.25) is 0 Å². The van der Waals surface area contributed by atoms with Gasteiger partial charge in [-0.25, -0.2) is 9.97 Å². The molecule has 0 fully saturated rings. The molecule has 2 heterocycles. The summed E-state index contributed by atoms with van der Waals surface area (Å²) in [7, 11) is 0. The molecule has 2 rings (SSSR count). The Bertz CT molecular complexity index is 471. The first kappa shape index (κ1) is 10.1. The van der Waals surface area contributed by atoms with Crippen LogP contribution in [0.25, 0.3) is 11.2 Å². The lowest BCUT2D eigenvalue weighted by Crippen LogP contribution is -2.03. The number of aromatic nitrogens is 3. The average molecular weight is 203 g/mol. The maximum Gasteiger partial charge on any atom is 0.177 e. The molecule has 0 aliphatic carbocycles. The van der Waals surface area contributed by atoms with Gasteiger partial charge >= 0.3 is 0 Å². The smallest absolute Gasteiger partial charge is 0.177 e. The molecule has 1 N–H and O–H groups in total. The molecule has 0 radical (unpaired) electrons. The number of imidazole rings is 1. The third-order valence-electron chi connectivity index (χ3n) is 2.92. The van der Waals surface area contributed by atoms with Gasteiger partial charge in [0.15, 0.2) is 5.65 Å². The summed E-state index contributed by atoms with van der Waals surface area (Å²) >= 11 is 0. The van der Waals surface area contributed by atoms with Crippen molar-refractivity contribution in [2.24, 2.45) is 5.92 Å². The van der Waals surface area contributed by atoms with Crippen molar-refractivity contribution in [1.82, 2.24) is 15.0 Å². The van der Waals surface area contributed by atoms with Crippen molar-refractivity contribution in [2.75, 3.05) is 0 Å². The third-order valence-corrected chi connectivity index (χ3v) is 2.92. The number of H-pyrrole nitrogens is 1. The highest BCUT2D eigenvalue weighted by Crippen LogP contribution is 2.22. The van der Waals surface area contributed by atoms with Crippen molar-refractivity contribution in [3.8, 4) is 0 Å². The SMILES string of the molecule is Cc1cnc2nc(C(C)C(C)C)[nH]c2c1. The highest BCUT2D eigenvalue weighted by molar-refractivity contribution is 5.71. The summed E-state index contributed by atoms with van der Waals surface area (Å²) in [6.45, 7) is 8.64. The van der Waals surface area contributed by atoms with E-state index in [0.717, 1.165) is 22.6 Å². The molecule has 0 spiro atoms. The fraction of sp³-hybridized carbons (Fsp3) is 0.500. The van der Waals surface area contributed by atoms with Gasteiger partial charge in [0.05, 0.1) is 5.52 Å². The van der Waals surface area contributed by atoms with E-state index in [-0.39, 0.29) is 0 Å². The van der Waals surface area contributed by atoms with Gasteiger partial charge in [-0.2, -0.15) is 0 Å². The maximum atomic E-state index is 4.51. The number of nitrogens with one attached hydrogen (secondary N) is 1. The van der Waals surface area contributed by atoms with Crippen LogP contribution in [0.3, 0.4) is 0 Å². The van der Waals surface area contributed by atoms with Crippen molar-refractivity contribution >= 4 is 11.2 Å². The van der Waals surface area contributed by atoms with E-state index in [4.69, 9.17) is 0 Å². The number of fused-ring (bicyclic) bond motifs is 1. The van der Waals surface area contributed by atoms with Gasteiger partial charge in [0.1, 0.15) is 5.82 Å². The molecule has 0 aliphatic heterocycles. The van der Waals surface area contributed by atoms with Gasteiger partial charge in [0.25, 0.3) is 0 Å². The van der Waals surface area contributed by atoms with E-state index in [0.29, 0.717) is 11.8 Å². The molecule has 2 aromatic heterocycles. The van der Waals surface area contributed by atoms with Gasteiger partial charge in [0, 0.05) is 12.1 Å². The predicted molar refractivity (Wildman–Crippen MR) is 61.9 cm³/mol. The van der Waals surface area contributed by atoms with Crippen LogP contribution in [0.2, 0.25) is 0 Å². The molecule has 0 saturated carbocycles. The van der Waals surface area contributed by atoms with E-state index in [1.165, 1.54) is 0 Å². The molecule has 3 nitrogen and oxygen atoms in total. The van der Waals surface area contributed by atoms with Crippen LogP contribution in [0.1, 0.15) is 38.1 Å². The number of nitrogens with zero attached hydrogens (tertiary/aromatic N) is 2. The van der Waals surface area contributed by atoms with Crippen LogP contribution >= 0.6 is 0 Å². The van der Waals surface area contributed by atoms with E-state index in [2.05, 4.69) is 41.8 Å². The molecule has 1 atom stereocenters. The van der Waals surface area contributed by atoms with Crippen molar-refractivity contribution in [2.45, 2.75) is 33.6 Å². The molecule has 0 saturated heterocycles. The first-order valence-corrected chi connectivity index (χ1v) is 5.40. The Morgan fingerprint density at radius 3 is 2.67 bits per heavy atom. The zero-order chi connectivity index (χ0) is 11.0. The molecule has 0 aromatic carbocycles. The normalized spacial score (nSPS) is 13.7. The van der Waals surface area contributed by atoms with Gasteiger partial charge in [-0.3, -0.25) is 0 Å². The lowest BCUT2D eigenvalue weighted by molar-refractivity contribution is 0.515. The number of rotatable bonds is 2. The van der Waals surface area contributed by atoms with Crippen LogP contribution in [0.5, 0.6) is 0 Å². The van der Waals surface area contributed by atoms with Crippen molar-refractivity contribution in [3.05, 3.63) is 23.7 Å². The van der Waals surface area contributed by atoms with Gasteiger partial charge in [-0.15, -0.1) is 0 Å². The Morgan fingerprint density at radius 2 is 2.00 bits per heavy atom. The molecule has 0 aliphatic rings. The zero-order valence-corrected chi connectivity index (χ0v) is 9.70. The van der Waals surface area contributed by atoms with Crippen LogP contribution in [-0.4, -0.2) is 15.0 Å². The topological polar surface area (TPSA) is 41.6 Å². The Kier molecular flexibility index (Phi) is 2.47. The van der Waals surface area contributed by atoms with E-state index in [9.17, 15) is 0 Å². The summed E-state index contributed by atoms with van der Waals surface area (Å²) in [5.74, 6) is 2.07. The number of aromatic amines is 1. The van der Waals surface area contributed by atoms with Crippen LogP contribution in [-0.2, 0) is 0 Å². The minimum absolute atomic E-state index is 0.444. The van der Waals surface area contributed by atoms with Crippen LogP contribution in [0.15, 0.2) is 12.3 Å². The number of hydrogen-bond donors (Lipinski definition) is 1. The van der Waals surface area contributed by atoms with Crippen molar-refractivity contribution in [1.29, 1.82) is 0 Å². The second-order valence-electron chi connectivity index (χ2n) is 4.54. The lowest BCUT2D eigenvalue weighted by Gasteiger charge is -2.11. The fourth-order valence-corrected chi connectivity index (χ4v) is 1.55. The van der Waals surface area contributed by atoms with Gasteiger partial charge in [-0.1, -0.05) is 20.8 Å². The minimum Gasteiger partial charge on any atom is -0.340 e. The predicted octanol–water partition coefficient (Wildman–Crippen LogP) is 3.03. The Balaban J connectivity index is 2.47. The highest BCUT2D eigenvalue weighted by atomic mass is 15.0. The molecule has 0 amide bonds. The van der Waals surface area contributed by atoms with Crippen LogP contribution in [0, 0.1) is 12.8 Å². The number of hydrogen-bond acceptors (Lipinski definition) is 2. The first-order valence-electron chi connectivity index (χ1n) is 5.40. The van der Waals surface area contributed by atoms with E-state index in [1.807, 2.05) is 13.1 Å². The highest BCUT2D eigenvalue weighted by Gasteiger charge is 2.14. The fourth-order valence-electron chi connectivity index (χ4n) is 1.55. The summed E-state index contributed by atoms with van der Waals surface area (Å²) in [5, 5.41) is 0. The first-order chi connectivity index (χ1) is 7.08. The Hall–Kier alpha value is -1.38. The summed E-state index contributed by atoms with van der Waals surface area (Å²) in [6, 6.07) is 2.09. The Morgan fingerprint density at radius 1 is 1.27 bits per heavy atom. The monoisotopic (exact) mass is 203 g/mol. The van der Waals surface area contributed by atoms with Gasteiger partial charge < -0.3 is 4.98 Å². The van der Waals surface area contributed by atoms with E-state index >= 15 is 0 Å². The van der Waals surface area contributed by atoms with Crippen LogP contribution < -0.4 is 0 Å². The quantitative estimate of drug-likeness (QED) is 0.815. The number of aryl methyl sites for hydroxylation is 1. The third kappa shape index (κ3) is 1.87. The zero-order valence-electron chi connectivity index (χ0n) is 9.70. The van der Waals surface area contributed by atoms with Crippen molar-refractivity contribution in [3.63, 3.8) is 0 Å². The Labute approximate surface area is 90.0 Å². The molecule has 80 valence electrons. The lowest BCUT2D eigenvalue weighted by atomic mass is 9.98. The molecular weight excluding hydrogens is 186 g/mol. The summed E-state index contributed by atoms with van der Waals surface area (Å²) in [5.41, 5.74) is 3.02. The van der Waals surface area contributed by atoms with Crippen molar-refractivity contribution < 1.29 is 0 Å². The molecule has 2 aromatic rings.